The number of aromatic nitrogens is 3. The minimum atomic E-state index is -0.655. The largest absolute Gasteiger partial charge is 0.422 e. The molecule has 0 saturated carbocycles. The molecule has 0 saturated heterocycles. The summed E-state index contributed by atoms with van der Waals surface area (Å²) >= 11 is 1.33. The van der Waals surface area contributed by atoms with Crippen LogP contribution in [-0.2, 0) is 5.75 Å². The van der Waals surface area contributed by atoms with Crippen molar-refractivity contribution in [3.63, 3.8) is 0 Å². The van der Waals surface area contributed by atoms with E-state index in [2.05, 4.69) is 20.2 Å². The second kappa shape index (κ2) is 4.92. The Balaban J connectivity index is 1.83. The van der Waals surface area contributed by atoms with Crippen molar-refractivity contribution in [2.75, 3.05) is 0 Å². The lowest BCUT2D eigenvalue weighted by atomic mass is 10.1. The summed E-state index contributed by atoms with van der Waals surface area (Å²) in [5, 5.41) is 7.71. The lowest BCUT2D eigenvalue weighted by molar-refractivity contribution is 0.100. The molecule has 1 aliphatic heterocycles. The average molecular weight is 312 g/mol. The fourth-order valence-electron chi connectivity index (χ4n) is 2.31. The number of nitrogens with zero attached hydrogens (tertiary/aromatic N) is 3. The molecule has 3 heterocycles. The monoisotopic (exact) mass is 312 g/mol. The highest BCUT2D eigenvalue weighted by Crippen LogP contribution is 2.30. The molecule has 22 heavy (non-hydrogen) atoms. The van der Waals surface area contributed by atoms with Gasteiger partial charge in [-0.1, -0.05) is 30.0 Å². The van der Waals surface area contributed by atoms with E-state index in [4.69, 9.17) is 4.42 Å². The zero-order valence-corrected chi connectivity index (χ0v) is 11.9. The van der Waals surface area contributed by atoms with Crippen LogP contribution in [0.4, 0.5) is 0 Å². The molecule has 0 radical (unpaired) electrons. The summed E-state index contributed by atoms with van der Waals surface area (Å²) in [6, 6.07) is 7.09. The Labute approximate surface area is 127 Å². The second-order valence-corrected chi connectivity index (χ2v) is 5.54. The molecule has 4 rings (SSSR count). The molecule has 0 fully saturated rings. The van der Waals surface area contributed by atoms with E-state index in [1.54, 1.807) is 18.2 Å². The molecule has 8 heteroatoms. The van der Waals surface area contributed by atoms with Crippen LogP contribution in [0.3, 0.4) is 0 Å². The number of benzene rings is 1. The molecule has 1 aliphatic rings. The van der Waals surface area contributed by atoms with Crippen LogP contribution in [0, 0.1) is 0 Å². The number of carbonyl (C=O) groups excluding carboxylic acids is 1. The molecule has 0 unspecified atom stereocenters. The minimum absolute atomic E-state index is 0.00114. The summed E-state index contributed by atoms with van der Waals surface area (Å²) < 4.78 is 5.19. The fraction of sp³-hybridized carbons (Fsp3) is 0.0714. The van der Waals surface area contributed by atoms with Gasteiger partial charge < -0.3 is 4.42 Å². The highest BCUT2D eigenvalue weighted by Gasteiger charge is 2.30. The van der Waals surface area contributed by atoms with Gasteiger partial charge in [-0.15, -0.1) is 0 Å². The van der Waals surface area contributed by atoms with E-state index in [9.17, 15) is 9.59 Å². The van der Waals surface area contributed by atoms with E-state index in [0.29, 0.717) is 33.2 Å². The Morgan fingerprint density at radius 1 is 1.18 bits per heavy atom. The molecule has 1 amide bonds. The van der Waals surface area contributed by atoms with Crippen LogP contribution in [0.5, 0.6) is 0 Å². The van der Waals surface area contributed by atoms with Gasteiger partial charge in [0.05, 0.1) is 5.75 Å². The molecular weight excluding hydrogens is 304 g/mol. The second-order valence-electron chi connectivity index (χ2n) is 4.58. The highest BCUT2D eigenvalue weighted by molar-refractivity contribution is 8.13. The van der Waals surface area contributed by atoms with Crippen LogP contribution in [0.25, 0.3) is 11.0 Å². The Morgan fingerprint density at radius 2 is 2.05 bits per heavy atom. The number of amides is 1. The molecule has 2 aromatic heterocycles. The van der Waals surface area contributed by atoms with Crippen molar-refractivity contribution in [1.29, 1.82) is 0 Å². The predicted octanol–water partition coefficient (Wildman–Crippen LogP) is 1.74. The van der Waals surface area contributed by atoms with Crippen LogP contribution < -0.4 is 5.63 Å². The molecule has 1 aromatic carbocycles. The third-order valence-corrected chi connectivity index (χ3v) is 4.24. The number of thioether (sulfide) groups is 1. The van der Waals surface area contributed by atoms with Crippen molar-refractivity contribution in [3.05, 3.63) is 58.0 Å². The van der Waals surface area contributed by atoms with E-state index < -0.39 is 11.5 Å². The number of rotatable bonds is 2. The van der Waals surface area contributed by atoms with Crippen LogP contribution in [0.2, 0.25) is 0 Å². The zero-order chi connectivity index (χ0) is 15.1. The lowest BCUT2D eigenvalue weighted by Crippen LogP contribution is -2.12. The number of aromatic amines is 1. The smallest absolute Gasteiger partial charge is 0.350 e. The first-order chi connectivity index (χ1) is 10.7. The van der Waals surface area contributed by atoms with Crippen LogP contribution in [0.1, 0.15) is 21.7 Å². The van der Waals surface area contributed by atoms with Crippen molar-refractivity contribution in [2.45, 2.75) is 5.75 Å². The third-order valence-electron chi connectivity index (χ3n) is 3.25. The first kappa shape index (κ1) is 13.0. The lowest BCUT2D eigenvalue weighted by Gasteiger charge is -2.05. The van der Waals surface area contributed by atoms with Crippen LogP contribution >= 0.6 is 11.8 Å². The Hall–Kier alpha value is -2.74. The summed E-state index contributed by atoms with van der Waals surface area (Å²) in [4.78, 5) is 32.0. The molecule has 0 bridgehead atoms. The Morgan fingerprint density at radius 3 is 2.86 bits per heavy atom. The number of aliphatic imine (C=N–C) groups is 1. The molecule has 0 spiro atoms. The first-order valence-corrected chi connectivity index (χ1v) is 7.39. The first-order valence-electron chi connectivity index (χ1n) is 6.40. The topological polar surface area (TPSA) is 101 Å². The minimum Gasteiger partial charge on any atom is -0.422 e. The van der Waals surface area contributed by atoms with Gasteiger partial charge in [-0.3, -0.25) is 9.89 Å². The van der Waals surface area contributed by atoms with Gasteiger partial charge in [-0.05, 0) is 6.07 Å². The average Bonchev–Trinajstić information content (AvgIpc) is 3.13. The van der Waals surface area contributed by atoms with Gasteiger partial charge in [0.1, 0.15) is 28.3 Å². The van der Waals surface area contributed by atoms with Crippen molar-refractivity contribution in [3.8, 4) is 0 Å². The number of hydrogen-bond donors (Lipinski definition) is 1. The highest BCUT2D eigenvalue weighted by atomic mass is 32.2. The van der Waals surface area contributed by atoms with Crippen molar-refractivity contribution in [2.24, 2.45) is 4.99 Å². The van der Waals surface area contributed by atoms with E-state index in [1.807, 2.05) is 6.07 Å². The molecule has 0 aliphatic carbocycles. The summed E-state index contributed by atoms with van der Waals surface area (Å²) in [5.41, 5.74) is 0.326. The van der Waals surface area contributed by atoms with Gasteiger partial charge in [0.25, 0.3) is 5.91 Å². The van der Waals surface area contributed by atoms with E-state index in [-0.39, 0.29) is 5.56 Å². The van der Waals surface area contributed by atoms with Gasteiger partial charge in [-0.2, -0.15) is 5.10 Å². The maximum atomic E-state index is 12.0. The van der Waals surface area contributed by atoms with E-state index >= 15 is 0 Å². The fourth-order valence-corrected chi connectivity index (χ4v) is 3.23. The number of carbonyl (C=O) groups is 1. The van der Waals surface area contributed by atoms with Gasteiger partial charge in [-0.25, -0.2) is 14.8 Å². The van der Waals surface area contributed by atoms with Crippen molar-refractivity contribution >= 4 is 33.7 Å². The van der Waals surface area contributed by atoms with Crippen molar-refractivity contribution < 1.29 is 9.21 Å². The normalized spacial score (nSPS) is 13.5. The predicted molar refractivity (Wildman–Crippen MR) is 81.0 cm³/mol. The summed E-state index contributed by atoms with van der Waals surface area (Å²) in [6.45, 7) is 0. The van der Waals surface area contributed by atoms with Gasteiger partial charge in [0.2, 0.25) is 0 Å². The molecule has 3 aromatic rings. The Bertz CT molecular complexity index is 975. The number of H-pyrrole nitrogens is 1. The van der Waals surface area contributed by atoms with Gasteiger partial charge in [0.15, 0.2) is 0 Å². The maximum absolute atomic E-state index is 12.0. The van der Waals surface area contributed by atoms with Crippen LogP contribution in [0.15, 0.2) is 44.8 Å². The molecule has 108 valence electrons. The zero-order valence-electron chi connectivity index (χ0n) is 11.1. The number of nitrogens with one attached hydrogen (secondary N) is 1. The molecule has 1 N–H and O–H groups in total. The summed E-state index contributed by atoms with van der Waals surface area (Å²) in [6.07, 6.45) is 1.41. The van der Waals surface area contributed by atoms with Crippen LogP contribution in [-0.4, -0.2) is 26.1 Å². The molecular formula is C14H8N4O3S. The molecule has 0 atom stereocenters. The molecule has 7 nitrogen and oxygen atoms in total. The van der Waals surface area contributed by atoms with Gasteiger partial charge >= 0.3 is 5.63 Å². The van der Waals surface area contributed by atoms with Gasteiger partial charge in [0, 0.05) is 10.9 Å². The SMILES string of the molecule is O=C1N=C(SCc2ncn[nH]2)c2c1c(=O)oc1ccccc21. The Kier molecular flexibility index (Phi) is 2.90. The number of hydrogen-bond acceptors (Lipinski definition) is 6. The number of fused-ring (bicyclic) bond motifs is 3. The standard InChI is InChI=1S/C14H8N4O3S/c19-12-11-10(7-3-1-2-4-8(7)21-14(11)20)13(17-12)22-5-9-15-6-16-18-9/h1-4,6H,5H2,(H,15,16,18). The third kappa shape index (κ3) is 1.96. The van der Waals surface area contributed by atoms with E-state index in [1.165, 1.54) is 18.1 Å². The summed E-state index contributed by atoms with van der Waals surface area (Å²) in [5.74, 6) is 0.579. The quantitative estimate of drug-likeness (QED) is 0.723. The summed E-state index contributed by atoms with van der Waals surface area (Å²) in [7, 11) is 0. The number of para-hydroxylation sites is 1. The maximum Gasteiger partial charge on any atom is 0.350 e. The van der Waals surface area contributed by atoms with Crippen molar-refractivity contribution in [1.82, 2.24) is 15.2 Å². The van der Waals surface area contributed by atoms with E-state index in [0.717, 1.165) is 0 Å².